The third-order valence-electron chi connectivity index (χ3n) is 6.47. The van der Waals surface area contributed by atoms with Crippen molar-refractivity contribution in [3.05, 3.63) is 108 Å². The van der Waals surface area contributed by atoms with E-state index >= 15 is 0 Å². The van der Waals surface area contributed by atoms with Crippen LogP contribution < -0.4 is 4.74 Å². The minimum absolute atomic E-state index is 0.238. The lowest BCUT2D eigenvalue weighted by molar-refractivity contribution is 0.0392. The molecule has 0 saturated carbocycles. The fourth-order valence-corrected chi connectivity index (χ4v) is 4.75. The highest BCUT2D eigenvalue weighted by Crippen LogP contribution is 2.29. The summed E-state index contributed by atoms with van der Waals surface area (Å²) in [4.78, 5) is 9.40. The van der Waals surface area contributed by atoms with Crippen LogP contribution in [0.4, 0.5) is 0 Å². The Morgan fingerprint density at radius 1 is 0.735 bits per heavy atom. The zero-order valence-electron chi connectivity index (χ0n) is 19.3. The Balaban J connectivity index is 1.15. The van der Waals surface area contributed by atoms with Crippen molar-refractivity contribution in [1.82, 2.24) is 14.8 Å². The quantitative estimate of drug-likeness (QED) is 0.429. The fraction of sp³-hybridized carbons (Fsp3) is 0.276. The average Bonchev–Trinajstić information content (AvgIpc) is 2.90. The maximum Gasteiger partial charge on any atom is 0.213 e. The first kappa shape index (κ1) is 22.5. The number of ether oxygens (including phenoxy) is 1. The van der Waals surface area contributed by atoms with E-state index in [0.717, 1.165) is 37.1 Å². The van der Waals surface area contributed by atoms with Crippen molar-refractivity contribution in [2.45, 2.75) is 12.1 Å². The Hall–Kier alpha value is -3.25. The van der Waals surface area contributed by atoms with Crippen molar-refractivity contribution in [2.75, 3.05) is 39.3 Å². The molecule has 1 fully saturated rings. The molecule has 5 heteroatoms. The molecule has 2 heterocycles. The Kier molecular flexibility index (Phi) is 7.15. The lowest BCUT2D eigenvalue weighted by atomic mass is 9.96. The molecule has 1 atom stereocenters. The molecule has 174 valence electrons. The maximum absolute atomic E-state index is 10.6. The van der Waals surface area contributed by atoms with Gasteiger partial charge in [-0.05, 0) is 23.3 Å². The number of nitrogens with zero attached hydrogens (tertiary/aromatic N) is 3. The minimum atomic E-state index is -0.557. The minimum Gasteiger partial charge on any atom is -0.475 e. The van der Waals surface area contributed by atoms with Crippen molar-refractivity contribution >= 4 is 10.9 Å². The van der Waals surface area contributed by atoms with Crippen LogP contribution in [0.15, 0.2) is 97.1 Å². The predicted molar refractivity (Wildman–Crippen MR) is 136 cm³/mol. The zero-order valence-corrected chi connectivity index (χ0v) is 19.3. The number of pyridine rings is 1. The summed E-state index contributed by atoms with van der Waals surface area (Å²) >= 11 is 0. The van der Waals surface area contributed by atoms with Gasteiger partial charge in [0.2, 0.25) is 5.88 Å². The Morgan fingerprint density at radius 2 is 1.35 bits per heavy atom. The molecule has 0 radical (unpaired) electrons. The molecule has 4 aromatic rings. The predicted octanol–water partition coefficient (Wildman–Crippen LogP) is 4.38. The molecule has 1 aromatic heterocycles. The van der Waals surface area contributed by atoms with Gasteiger partial charge in [-0.1, -0.05) is 78.9 Å². The van der Waals surface area contributed by atoms with Crippen LogP contribution in [0.25, 0.3) is 10.9 Å². The van der Waals surface area contributed by atoms with Gasteiger partial charge in [0.1, 0.15) is 12.7 Å². The second kappa shape index (κ2) is 10.8. The highest BCUT2D eigenvalue weighted by Gasteiger charge is 2.27. The summed E-state index contributed by atoms with van der Waals surface area (Å²) in [5, 5.41) is 11.7. The third-order valence-corrected chi connectivity index (χ3v) is 6.47. The molecule has 0 bridgehead atoms. The van der Waals surface area contributed by atoms with Crippen LogP contribution in [-0.4, -0.2) is 65.3 Å². The number of para-hydroxylation sites is 1. The van der Waals surface area contributed by atoms with Gasteiger partial charge in [0, 0.05) is 44.2 Å². The number of piperazine rings is 1. The van der Waals surface area contributed by atoms with Gasteiger partial charge in [-0.15, -0.1) is 0 Å². The molecule has 0 amide bonds. The van der Waals surface area contributed by atoms with Crippen LogP contribution in [-0.2, 0) is 0 Å². The van der Waals surface area contributed by atoms with E-state index in [9.17, 15) is 5.11 Å². The van der Waals surface area contributed by atoms with Crippen LogP contribution in [0.3, 0.4) is 0 Å². The molecule has 1 saturated heterocycles. The fourth-order valence-electron chi connectivity index (χ4n) is 4.75. The summed E-state index contributed by atoms with van der Waals surface area (Å²) in [6.45, 7) is 4.58. The number of β-amino-alcohol motifs (C(OH)–C–C–N with tert-alkyl or cyclic N) is 1. The number of aliphatic hydroxyl groups excluding tert-OH is 1. The number of hydrogen-bond acceptors (Lipinski definition) is 5. The summed E-state index contributed by atoms with van der Waals surface area (Å²) in [6, 6.07) is 33.5. The third kappa shape index (κ3) is 5.45. The van der Waals surface area contributed by atoms with Gasteiger partial charge in [-0.2, -0.15) is 0 Å². The van der Waals surface area contributed by atoms with Crippen LogP contribution in [0.5, 0.6) is 5.88 Å². The molecule has 5 rings (SSSR count). The molecule has 0 aliphatic carbocycles. The van der Waals surface area contributed by atoms with Crippen molar-refractivity contribution in [3.63, 3.8) is 0 Å². The van der Waals surface area contributed by atoms with Crippen molar-refractivity contribution in [1.29, 1.82) is 0 Å². The number of rotatable bonds is 8. The van der Waals surface area contributed by atoms with Gasteiger partial charge in [-0.25, -0.2) is 4.98 Å². The largest absolute Gasteiger partial charge is 0.475 e. The first-order valence-electron chi connectivity index (χ1n) is 12.0. The first-order chi connectivity index (χ1) is 16.8. The van der Waals surface area contributed by atoms with Crippen LogP contribution >= 0.6 is 0 Å². The maximum atomic E-state index is 10.6. The average molecular weight is 454 g/mol. The van der Waals surface area contributed by atoms with Crippen LogP contribution in [0, 0.1) is 0 Å². The van der Waals surface area contributed by atoms with E-state index in [4.69, 9.17) is 4.74 Å². The van der Waals surface area contributed by atoms with Crippen LogP contribution in [0.1, 0.15) is 17.2 Å². The van der Waals surface area contributed by atoms with E-state index in [1.807, 2.05) is 36.4 Å². The SMILES string of the molecule is OC(COc1ccc2ccccc2n1)CN1CCN(C(c2ccccc2)c2ccccc2)CC1. The van der Waals surface area contributed by atoms with E-state index < -0.39 is 6.10 Å². The molecule has 1 unspecified atom stereocenters. The van der Waals surface area contributed by atoms with Crippen molar-refractivity contribution < 1.29 is 9.84 Å². The molecule has 1 aliphatic heterocycles. The van der Waals surface area contributed by atoms with E-state index in [1.165, 1.54) is 11.1 Å². The first-order valence-corrected chi connectivity index (χ1v) is 12.0. The molecule has 0 spiro atoms. The Morgan fingerprint density at radius 3 is 2.03 bits per heavy atom. The van der Waals surface area contributed by atoms with Gasteiger partial charge < -0.3 is 9.84 Å². The summed E-state index contributed by atoms with van der Waals surface area (Å²) in [6.07, 6.45) is -0.557. The topological polar surface area (TPSA) is 48.8 Å². The number of aromatic nitrogens is 1. The number of fused-ring (bicyclic) bond motifs is 1. The molecule has 3 aromatic carbocycles. The normalized spacial score (nSPS) is 16.1. The van der Waals surface area contributed by atoms with Crippen molar-refractivity contribution in [2.24, 2.45) is 0 Å². The van der Waals surface area contributed by atoms with E-state index in [-0.39, 0.29) is 12.6 Å². The molecule has 1 aliphatic rings. The second-order valence-corrected chi connectivity index (χ2v) is 8.87. The standard InChI is InChI=1S/C29H31N3O2/c33-26(22-34-28-16-15-23-9-7-8-14-27(23)30-28)21-31-17-19-32(20-18-31)29(24-10-3-1-4-11-24)25-12-5-2-6-13-25/h1-16,26,29,33H,17-22H2. The lowest BCUT2D eigenvalue weighted by Crippen LogP contribution is -2.50. The van der Waals surface area contributed by atoms with Gasteiger partial charge in [0.15, 0.2) is 0 Å². The number of benzene rings is 3. The van der Waals surface area contributed by atoms with Gasteiger partial charge in [-0.3, -0.25) is 9.80 Å². The number of hydrogen-bond donors (Lipinski definition) is 1. The smallest absolute Gasteiger partial charge is 0.213 e. The highest BCUT2D eigenvalue weighted by molar-refractivity contribution is 5.78. The van der Waals surface area contributed by atoms with Gasteiger partial charge in [0.05, 0.1) is 11.6 Å². The number of aliphatic hydroxyl groups is 1. The van der Waals surface area contributed by atoms with Gasteiger partial charge in [0.25, 0.3) is 0 Å². The van der Waals surface area contributed by atoms with Gasteiger partial charge >= 0.3 is 0 Å². The monoisotopic (exact) mass is 453 g/mol. The lowest BCUT2D eigenvalue weighted by Gasteiger charge is -2.40. The molecule has 5 nitrogen and oxygen atoms in total. The Bertz CT molecular complexity index is 1140. The molecule has 1 N–H and O–H groups in total. The molecule has 34 heavy (non-hydrogen) atoms. The second-order valence-electron chi connectivity index (χ2n) is 8.87. The Labute approximate surface area is 201 Å². The van der Waals surface area contributed by atoms with Crippen LogP contribution in [0.2, 0.25) is 0 Å². The zero-order chi connectivity index (χ0) is 23.2. The summed E-state index contributed by atoms with van der Waals surface area (Å²) in [5.74, 6) is 0.552. The summed E-state index contributed by atoms with van der Waals surface area (Å²) in [5.41, 5.74) is 3.54. The molecular formula is C29H31N3O2. The highest BCUT2D eigenvalue weighted by atomic mass is 16.5. The molecular weight excluding hydrogens is 422 g/mol. The van der Waals surface area contributed by atoms with Crippen molar-refractivity contribution in [3.8, 4) is 5.88 Å². The summed E-state index contributed by atoms with van der Waals surface area (Å²) < 4.78 is 5.79. The summed E-state index contributed by atoms with van der Waals surface area (Å²) in [7, 11) is 0. The van der Waals surface area contributed by atoms with E-state index in [1.54, 1.807) is 0 Å². The van der Waals surface area contributed by atoms with E-state index in [2.05, 4.69) is 75.4 Å². The van der Waals surface area contributed by atoms with E-state index in [0.29, 0.717) is 12.4 Å².